The Hall–Kier alpha value is -1.59. The van der Waals surface area contributed by atoms with E-state index < -0.39 is 5.60 Å². The summed E-state index contributed by atoms with van der Waals surface area (Å²) in [6.07, 6.45) is 0.409. The Bertz CT molecular complexity index is 496. The molecule has 1 aliphatic rings. The third-order valence-corrected chi connectivity index (χ3v) is 4.11. The van der Waals surface area contributed by atoms with Gasteiger partial charge in [0, 0.05) is 26.1 Å². The standard InChI is InChI=1S/C16H24N2O3/c1-12(2)16(20)10-18(11-16)9-8-15(19)17-13-6-4-5-7-14(13)21-3/h4-7,12,20H,8-11H2,1-3H3,(H,17,19). The highest BCUT2D eigenvalue weighted by atomic mass is 16.5. The third-order valence-electron chi connectivity index (χ3n) is 4.11. The predicted octanol–water partition coefficient (Wildman–Crippen LogP) is 1.73. The number of amides is 1. The van der Waals surface area contributed by atoms with Crippen LogP contribution in [0.2, 0.25) is 0 Å². The summed E-state index contributed by atoms with van der Waals surface area (Å²) in [5.74, 6) is 0.861. The zero-order valence-electron chi connectivity index (χ0n) is 12.9. The zero-order valence-corrected chi connectivity index (χ0v) is 12.9. The van der Waals surface area contributed by atoms with Gasteiger partial charge in [-0.3, -0.25) is 9.69 Å². The van der Waals surface area contributed by atoms with Gasteiger partial charge in [0.2, 0.25) is 5.91 Å². The molecule has 0 unspecified atom stereocenters. The quantitative estimate of drug-likeness (QED) is 0.838. The van der Waals surface area contributed by atoms with Crippen LogP contribution in [0.3, 0.4) is 0 Å². The molecule has 0 radical (unpaired) electrons. The van der Waals surface area contributed by atoms with Crippen LogP contribution in [0.5, 0.6) is 5.75 Å². The monoisotopic (exact) mass is 292 g/mol. The molecular formula is C16H24N2O3. The maximum Gasteiger partial charge on any atom is 0.225 e. The van der Waals surface area contributed by atoms with E-state index >= 15 is 0 Å². The molecule has 0 spiro atoms. The second-order valence-electron chi connectivity index (χ2n) is 5.97. The molecule has 0 aromatic heterocycles. The van der Waals surface area contributed by atoms with E-state index in [1.54, 1.807) is 7.11 Å². The first-order chi connectivity index (χ1) is 9.94. The fraction of sp³-hybridized carbons (Fsp3) is 0.562. The molecule has 0 aliphatic carbocycles. The van der Waals surface area contributed by atoms with Gasteiger partial charge in [-0.15, -0.1) is 0 Å². The molecule has 0 bridgehead atoms. The molecule has 1 aliphatic heterocycles. The lowest BCUT2D eigenvalue weighted by atomic mass is 9.83. The molecule has 21 heavy (non-hydrogen) atoms. The first kappa shape index (κ1) is 15.8. The summed E-state index contributed by atoms with van der Waals surface area (Å²) in [5, 5.41) is 13.0. The molecule has 1 amide bonds. The molecular weight excluding hydrogens is 268 g/mol. The maximum absolute atomic E-state index is 12.0. The first-order valence-corrected chi connectivity index (χ1v) is 7.32. The van der Waals surface area contributed by atoms with Crippen molar-refractivity contribution in [2.75, 3.05) is 32.1 Å². The number of carbonyl (C=O) groups excluding carboxylic acids is 1. The van der Waals surface area contributed by atoms with Gasteiger partial charge in [-0.2, -0.15) is 0 Å². The van der Waals surface area contributed by atoms with Crippen molar-refractivity contribution in [3.05, 3.63) is 24.3 Å². The van der Waals surface area contributed by atoms with Crippen LogP contribution in [-0.2, 0) is 4.79 Å². The smallest absolute Gasteiger partial charge is 0.225 e. The molecule has 1 aromatic rings. The normalized spacial score (nSPS) is 17.4. The SMILES string of the molecule is COc1ccccc1NC(=O)CCN1CC(O)(C(C)C)C1. The van der Waals surface area contributed by atoms with E-state index in [0.29, 0.717) is 37.5 Å². The summed E-state index contributed by atoms with van der Waals surface area (Å²) in [6.45, 7) is 5.99. The minimum Gasteiger partial charge on any atom is -0.495 e. The van der Waals surface area contributed by atoms with E-state index in [-0.39, 0.29) is 11.8 Å². The number of rotatable bonds is 6. The highest BCUT2D eigenvalue weighted by molar-refractivity contribution is 5.92. The number of para-hydroxylation sites is 2. The molecule has 5 heteroatoms. The predicted molar refractivity (Wildman–Crippen MR) is 82.5 cm³/mol. The molecule has 1 aromatic carbocycles. The molecule has 5 nitrogen and oxygen atoms in total. The third kappa shape index (κ3) is 3.74. The largest absolute Gasteiger partial charge is 0.495 e. The van der Waals surface area contributed by atoms with Crippen molar-refractivity contribution in [1.29, 1.82) is 0 Å². The van der Waals surface area contributed by atoms with Crippen molar-refractivity contribution in [3.63, 3.8) is 0 Å². The van der Waals surface area contributed by atoms with Crippen LogP contribution in [-0.4, -0.2) is 48.3 Å². The summed E-state index contributed by atoms with van der Waals surface area (Å²) in [5.41, 5.74) is 0.103. The number of likely N-dealkylation sites (tertiary alicyclic amines) is 1. The van der Waals surface area contributed by atoms with Crippen molar-refractivity contribution in [1.82, 2.24) is 4.90 Å². The lowest BCUT2D eigenvalue weighted by Crippen LogP contribution is -2.64. The number of hydrogen-bond acceptors (Lipinski definition) is 4. The van der Waals surface area contributed by atoms with E-state index in [2.05, 4.69) is 10.2 Å². The number of nitrogens with zero attached hydrogens (tertiary/aromatic N) is 1. The molecule has 2 N–H and O–H groups in total. The number of aliphatic hydroxyl groups is 1. The number of nitrogens with one attached hydrogen (secondary N) is 1. The van der Waals surface area contributed by atoms with Crippen molar-refractivity contribution in [2.24, 2.45) is 5.92 Å². The Kier molecular flexibility index (Phi) is 4.85. The van der Waals surface area contributed by atoms with Gasteiger partial charge in [0.15, 0.2) is 0 Å². The fourth-order valence-electron chi connectivity index (χ4n) is 2.47. The lowest BCUT2D eigenvalue weighted by Gasteiger charge is -2.49. The topological polar surface area (TPSA) is 61.8 Å². The Morgan fingerprint density at radius 3 is 2.71 bits per heavy atom. The second-order valence-corrected chi connectivity index (χ2v) is 5.97. The van der Waals surface area contributed by atoms with Gasteiger partial charge < -0.3 is 15.2 Å². The van der Waals surface area contributed by atoms with Gasteiger partial charge in [0.05, 0.1) is 18.4 Å². The van der Waals surface area contributed by atoms with Crippen LogP contribution in [0.25, 0.3) is 0 Å². The summed E-state index contributed by atoms with van der Waals surface area (Å²) in [6, 6.07) is 7.35. The summed E-state index contributed by atoms with van der Waals surface area (Å²) < 4.78 is 5.20. The zero-order chi connectivity index (χ0) is 15.5. The molecule has 1 saturated heterocycles. The van der Waals surface area contributed by atoms with Gasteiger partial charge in [-0.25, -0.2) is 0 Å². The molecule has 1 fully saturated rings. The summed E-state index contributed by atoms with van der Waals surface area (Å²) in [4.78, 5) is 14.1. The van der Waals surface area contributed by atoms with E-state index in [4.69, 9.17) is 4.74 Å². The Morgan fingerprint density at radius 1 is 1.43 bits per heavy atom. The molecule has 0 atom stereocenters. The van der Waals surface area contributed by atoms with Gasteiger partial charge in [-0.1, -0.05) is 26.0 Å². The van der Waals surface area contributed by atoms with Crippen molar-refractivity contribution in [3.8, 4) is 5.75 Å². The first-order valence-electron chi connectivity index (χ1n) is 7.32. The minimum absolute atomic E-state index is 0.0421. The molecule has 2 rings (SSSR count). The average Bonchev–Trinajstić information content (AvgIpc) is 2.42. The van der Waals surface area contributed by atoms with Crippen LogP contribution < -0.4 is 10.1 Å². The number of β-amino-alcohol motifs (C(OH)–C–C–N with tert-alkyl or cyclic N) is 1. The Morgan fingerprint density at radius 2 is 2.10 bits per heavy atom. The van der Waals surface area contributed by atoms with E-state index in [1.807, 2.05) is 38.1 Å². The van der Waals surface area contributed by atoms with Crippen LogP contribution in [0.15, 0.2) is 24.3 Å². The Balaban J connectivity index is 1.76. The van der Waals surface area contributed by atoms with Crippen LogP contribution in [0.4, 0.5) is 5.69 Å². The van der Waals surface area contributed by atoms with Crippen LogP contribution in [0.1, 0.15) is 20.3 Å². The van der Waals surface area contributed by atoms with E-state index in [0.717, 1.165) is 0 Å². The summed E-state index contributed by atoms with van der Waals surface area (Å²) >= 11 is 0. The van der Waals surface area contributed by atoms with E-state index in [1.165, 1.54) is 0 Å². The van der Waals surface area contributed by atoms with Gasteiger partial charge in [0.25, 0.3) is 0 Å². The average molecular weight is 292 g/mol. The summed E-state index contributed by atoms with van der Waals surface area (Å²) in [7, 11) is 1.58. The van der Waals surface area contributed by atoms with Crippen molar-refractivity contribution in [2.45, 2.75) is 25.9 Å². The highest BCUT2D eigenvalue weighted by Gasteiger charge is 2.43. The van der Waals surface area contributed by atoms with Gasteiger partial charge in [-0.05, 0) is 18.1 Å². The lowest BCUT2D eigenvalue weighted by molar-refractivity contribution is -0.132. The second kappa shape index (κ2) is 6.45. The van der Waals surface area contributed by atoms with Crippen LogP contribution in [0, 0.1) is 5.92 Å². The van der Waals surface area contributed by atoms with Crippen molar-refractivity contribution < 1.29 is 14.6 Å². The minimum atomic E-state index is -0.584. The number of methoxy groups -OCH3 is 1. The molecule has 116 valence electrons. The van der Waals surface area contributed by atoms with Crippen LogP contribution >= 0.6 is 0 Å². The molecule has 0 saturated carbocycles. The van der Waals surface area contributed by atoms with Crippen molar-refractivity contribution >= 4 is 11.6 Å². The van der Waals surface area contributed by atoms with E-state index in [9.17, 15) is 9.90 Å². The van der Waals surface area contributed by atoms with Gasteiger partial charge >= 0.3 is 0 Å². The highest BCUT2D eigenvalue weighted by Crippen LogP contribution is 2.28. The molecule has 1 heterocycles. The van der Waals surface area contributed by atoms with Gasteiger partial charge in [0.1, 0.15) is 5.75 Å². The number of benzene rings is 1. The number of carbonyl (C=O) groups is 1. The number of ether oxygens (including phenoxy) is 1. The Labute approximate surface area is 125 Å². The number of anilines is 1. The number of hydrogen-bond donors (Lipinski definition) is 2. The maximum atomic E-state index is 12.0. The fourth-order valence-corrected chi connectivity index (χ4v) is 2.47.